The Bertz CT molecular complexity index is 2330. The van der Waals surface area contributed by atoms with Gasteiger partial charge in [0.2, 0.25) is 0 Å². The van der Waals surface area contributed by atoms with Crippen molar-refractivity contribution in [2.75, 3.05) is 0 Å². The van der Waals surface area contributed by atoms with Gasteiger partial charge in [0.1, 0.15) is 0 Å². The van der Waals surface area contributed by atoms with Crippen LogP contribution in [0.5, 0.6) is 0 Å². The van der Waals surface area contributed by atoms with Gasteiger partial charge in [-0.3, -0.25) is 0 Å². The second-order valence-corrected chi connectivity index (χ2v) is 11.7. The molecule has 0 saturated heterocycles. The monoisotopic (exact) mass is 562 g/mol. The highest BCUT2D eigenvalue weighted by molar-refractivity contribution is 6.14. The molecule has 0 fully saturated rings. The van der Waals surface area contributed by atoms with Crippen molar-refractivity contribution in [2.45, 2.75) is 12.8 Å². The Labute approximate surface area is 256 Å². The molecular formula is C42H30N2. The minimum Gasteiger partial charge on any atom is -0.313 e. The Kier molecular flexibility index (Phi) is 5.67. The van der Waals surface area contributed by atoms with Crippen LogP contribution in [0.15, 0.2) is 152 Å². The molecule has 0 bridgehead atoms. The highest BCUT2D eigenvalue weighted by Gasteiger charge is 2.22. The van der Waals surface area contributed by atoms with Gasteiger partial charge in [-0.05, 0) is 77.6 Å². The zero-order valence-electron chi connectivity index (χ0n) is 24.3. The molecular weight excluding hydrogens is 532 g/mol. The fraction of sp³-hybridized carbons (Fsp3) is 0.0476. The molecule has 0 saturated carbocycles. The fourth-order valence-corrected chi connectivity index (χ4v) is 7.12. The number of nitrogens with zero attached hydrogens (tertiary/aromatic N) is 2. The van der Waals surface area contributed by atoms with Crippen LogP contribution in [-0.2, 0) is 6.42 Å². The van der Waals surface area contributed by atoms with Crippen molar-refractivity contribution >= 4 is 38.8 Å². The van der Waals surface area contributed by atoms with Crippen LogP contribution in [-0.4, -0.2) is 9.13 Å². The zero-order valence-corrected chi connectivity index (χ0v) is 24.3. The Morgan fingerprint density at radius 2 is 0.955 bits per heavy atom. The maximum absolute atomic E-state index is 2.50. The van der Waals surface area contributed by atoms with Crippen LogP contribution >= 0.6 is 0 Å². The quantitative estimate of drug-likeness (QED) is 0.202. The summed E-state index contributed by atoms with van der Waals surface area (Å²) in [5.74, 6) is 0. The van der Waals surface area contributed by atoms with Crippen molar-refractivity contribution in [3.05, 3.63) is 163 Å². The van der Waals surface area contributed by atoms with Crippen LogP contribution in [0.2, 0.25) is 0 Å². The number of aromatic nitrogens is 2. The minimum absolute atomic E-state index is 1.03. The average Bonchev–Trinajstić information content (AvgIpc) is 3.60. The molecule has 2 aromatic heterocycles. The topological polar surface area (TPSA) is 9.86 Å². The standard InChI is InChI=1S/C42H30N2/c1-3-11-29(12-4-1)31-19-23-33(24-20-31)43-39-17-9-7-15-35(39)37-27-38-36-16-8-10-18-40(36)44(42(38)28-41(37)43)34-25-21-32(22-26-34)30-13-5-2-6-14-30/h1-9,11-17,19-28H,10,18H2. The predicted octanol–water partition coefficient (Wildman–Crippen LogP) is 11.0. The van der Waals surface area contributed by atoms with Gasteiger partial charge in [-0.1, -0.05) is 115 Å². The van der Waals surface area contributed by atoms with Crippen LogP contribution in [0.3, 0.4) is 0 Å². The van der Waals surface area contributed by atoms with Crippen molar-refractivity contribution in [1.82, 2.24) is 9.13 Å². The SMILES string of the molecule is C1=Cc2c(n(-c3ccc(-c4ccccc4)cc3)c3cc4c(cc23)c2ccccc2n4-c2ccc(-c3ccccc3)cc2)CC1. The third kappa shape index (κ3) is 3.88. The summed E-state index contributed by atoms with van der Waals surface area (Å²) >= 11 is 0. The van der Waals surface area contributed by atoms with E-state index in [1.807, 2.05) is 0 Å². The lowest BCUT2D eigenvalue weighted by Gasteiger charge is -2.14. The summed E-state index contributed by atoms with van der Waals surface area (Å²) in [7, 11) is 0. The van der Waals surface area contributed by atoms with Gasteiger partial charge in [0.15, 0.2) is 0 Å². The van der Waals surface area contributed by atoms with Crippen LogP contribution in [0.1, 0.15) is 17.7 Å². The first kappa shape index (κ1) is 24.9. The van der Waals surface area contributed by atoms with Crippen molar-refractivity contribution in [3.8, 4) is 33.6 Å². The molecule has 0 aliphatic heterocycles. The molecule has 8 aromatic rings. The first-order valence-corrected chi connectivity index (χ1v) is 15.4. The van der Waals surface area contributed by atoms with Crippen LogP contribution in [0.25, 0.3) is 72.4 Å². The molecule has 1 aliphatic rings. The summed E-state index contributed by atoms with van der Waals surface area (Å²) in [6.45, 7) is 0. The number of rotatable bonds is 4. The lowest BCUT2D eigenvalue weighted by Crippen LogP contribution is -2.03. The van der Waals surface area contributed by atoms with Crippen molar-refractivity contribution < 1.29 is 0 Å². The van der Waals surface area contributed by atoms with Crippen molar-refractivity contribution in [3.63, 3.8) is 0 Å². The van der Waals surface area contributed by atoms with Gasteiger partial charge < -0.3 is 9.13 Å². The first-order valence-electron chi connectivity index (χ1n) is 15.4. The Morgan fingerprint density at radius 1 is 0.409 bits per heavy atom. The third-order valence-electron chi connectivity index (χ3n) is 9.20. The van der Waals surface area contributed by atoms with E-state index in [1.54, 1.807) is 0 Å². The molecule has 44 heavy (non-hydrogen) atoms. The Balaban J connectivity index is 1.27. The van der Waals surface area contributed by atoms with Gasteiger partial charge in [-0.15, -0.1) is 0 Å². The van der Waals surface area contributed by atoms with Crippen LogP contribution in [0.4, 0.5) is 0 Å². The molecule has 2 heteroatoms. The molecule has 6 aromatic carbocycles. The zero-order chi connectivity index (χ0) is 29.0. The number of para-hydroxylation sites is 1. The molecule has 208 valence electrons. The Morgan fingerprint density at radius 3 is 1.61 bits per heavy atom. The van der Waals surface area contributed by atoms with E-state index in [0.717, 1.165) is 12.8 Å². The summed E-state index contributed by atoms with van der Waals surface area (Å²) < 4.78 is 4.94. The maximum atomic E-state index is 2.50. The molecule has 1 aliphatic carbocycles. The van der Waals surface area contributed by atoms with Crippen LogP contribution in [0, 0.1) is 0 Å². The van der Waals surface area contributed by atoms with Gasteiger partial charge in [0.05, 0.1) is 16.6 Å². The second-order valence-electron chi connectivity index (χ2n) is 11.7. The highest BCUT2D eigenvalue weighted by Crippen LogP contribution is 2.40. The largest absolute Gasteiger partial charge is 0.313 e. The molecule has 0 radical (unpaired) electrons. The summed E-state index contributed by atoms with van der Waals surface area (Å²) in [5, 5.41) is 3.89. The lowest BCUT2D eigenvalue weighted by atomic mass is 10.0. The van der Waals surface area contributed by atoms with E-state index in [9.17, 15) is 0 Å². The van der Waals surface area contributed by atoms with E-state index in [0.29, 0.717) is 0 Å². The number of benzene rings is 6. The normalized spacial score (nSPS) is 12.7. The summed E-state index contributed by atoms with van der Waals surface area (Å²) in [6, 6.07) is 53.0. The smallest absolute Gasteiger partial charge is 0.0562 e. The minimum atomic E-state index is 1.03. The van der Waals surface area contributed by atoms with Crippen molar-refractivity contribution in [2.24, 2.45) is 0 Å². The number of hydrogen-bond acceptors (Lipinski definition) is 0. The van der Waals surface area contributed by atoms with Crippen molar-refractivity contribution in [1.29, 1.82) is 0 Å². The predicted molar refractivity (Wildman–Crippen MR) is 186 cm³/mol. The maximum Gasteiger partial charge on any atom is 0.0562 e. The molecule has 9 rings (SSSR count). The van der Waals surface area contributed by atoms with E-state index >= 15 is 0 Å². The van der Waals surface area contributed by atoms with Crippen LogP contribution < -0.4 is 0 Å². The molecule has 2 nitrogen and oxygen atoms in total. The molecule has 0 unspecified atom stereocenters. The molecule has 0 N–H and O–H groups in total. The average molecular weight is 563 g/mol. The summed E-state index contributed by atoms with van der Waals surface area (Å²) in [6.07, 6.45) is 6.76. The van der Waals surface area contributed by atoms with Gasteiger partial charge in [-0.2, -0.15) is 0 Å². The molecule has 2 heterocycles. The first-order chi connectivity index (χ1) is 21.8. The van der Waals surface area contributed by atoms with Gasteiger partial charge >= 0.3 is 0 Å². The number of hydrogen-bond donors (Lipinski definition) is 0. The summed E-state index contributed by atoms with van der Waals surface area (Å²) in [4.78, 5) is 0. The van der Waals surface area contributed by atoms with Gasteiger partial charge in [-0.25, -0.2) is 0 Å². The van der Waals surface area contributed by atoms with E-state index in [4.69, 9.17) is 0 Å². The summed E-state index contributed by atoms with van der Waals surface area (Å²) in [5.41, 5.74) is 13.8. The molecule has 0 amide bonds. The highest BCUT2D eigenvalue weighted by atomic mass is 15.0. The van der Waals surface area contributed by atoms with E-state index in [1.165, 1.54) is 77.6 Å². The van der Waals surface area contributed by atoms with E-state index in [-0.39, 0.29) is 0 Å². The fourth-order valence-electron chi connectivity index (χ4n) is 7.12. The van der Waals surface area contributed by atoms with E-state index < -0.39 is 0 Å². The third-order valence-corrected chi connectivity index (χ3v) is 9.20. The Hall–Kier alpha value is -5.60. The van der Waals surface area contributed by atoms with Gasteiger partial charge in [0.25, 0.3) is 0 Å². The number of allylic oxidation sites excluding steroid dienone is 1. The molecule has 0 spiro atoms. The lowest BCUT2D eigenvalue weighted by molar-refractivity contribution is 0.888. The molecule has 0 atom stereocenters. The van der Waals surface area contributed by atoms with Gasteiger partial charge in [0, 0.05) is 38.8 Å². The number of fused-ring (bicyclic) bond motifs is 6. The second kappa shape index (κ2) is 10.00. The van der Waals surface area contributed by atoms with E-state index in [2.05, 4.69) is 167 Å².